The van der Waals surface area contributed by atoms with Gasteiger partial charge in [0, 0.05) is 18.5 Å². The predicted octanol–water partition coefficient (Wildman–Crippen LogP) is 0.886. The van der Waals surface area contributed by atoms with Crippen LogP contribution in [0.5, 0.6) is 0 Å². The maximum absolute atomic E-state index is 11.8. The molecule has 3 saturated carbocycles. The molecule has 3 aliphatic rings. The van der Waals surface area contributed by atoms with Crippen LogP contribution in [0.1, 0.15) is 32.1 Å². The summed E-state index contributed by atoms with van der Waals surface area (Å²) in [5, 5.41) is 3.03. The highest BCUT2D eigenvalue weighted by atomic mass is 16.2. The van der Waals surface area contributed by atoms with Gasteiger partial charge in [0.15, 0.2) is 0 Å². The SMILES string of the molecule is NC(CNC(=O)C1C2CCCC21)C1CC1. The second-order valence-electron chi connectivity index (χ2n) is 5.53. The number of nitrogens with two attached hydrogens (primary N) is 1. The Hall–Kier alpha value is -0.570. The monoisotopic (exact) mass is 208 g/mol. The Morgan fingerprint density at radius 3 is 2.53 bits per heavy atom. The van der Waals surface area contributed by atoms with E-state index in [1.807, 2.05) is 0 Å². The molecule has 0 heterocycles. The molecule has 3 nitrogen and oxygen atoms in total. The number of rotatable bonds is 4. The van der Waals surface area contributed by atoms with Crippen molar-refractivity contribution in [3.05, 3.63) is 0 Å². The normalized spacial score (nSPS) is 39.7. The number of hydrogen-bond donors (Lipinski definition) is 2. The van der Waals surface area contributed by atoms with Gasteiger partial charge in [-0.05, 0) is 43.4 Å². The van der Waals surface area contributed by atoms with Crippen molar-refractivity contribution >= 4 is 5.91 Å². The van der Waals surface area contributed by atoms with Crippen molar-refractivity contribution in [2.75, 3.05) is 6.54 Å². The molecular weight excluding hydrogens is 188 g/mol. The van der Waals surface area contributed by atoms with E-state index in [1.165, 1.54) is 32.1 Å². The number of carbonyl (C=O) groups excluding carboxylic acids is 1. The van der Waals surface area contributed by atoms with Crippen molar-refractivity contribution in [1.82, 2.24) is 5.32 Å². The fourth-order valence-corrected chi connectivity index (χ4v) is 3.24. The summed E-state index contributed by atoms with van der Waals surface area (Å²) in [5.74, 6) is 2.76. The lowest BCUT2D eigenvalue weighted by molar-refractivity contribution is -0.123. The molecule has 3 fully saturated rings. The standard InChI is InChI=1S/C12H20N2O/c13-10(7-4-5-7)6-14-12(15)11-8-2-1-3-9(8)11/h7-11H,1-6,13H2,(H,14,15). The van der Waals surface area contributed by atoms with E-state index in [2.05, 4.69) is 5.32 Å². The molecule has 3 rings (SSSR count). The molecule has 1 amide bonds. The highest BCUT2D eigenvalue weighted by molar-refractivity contribution is 5.82. The molecule has 3 N–H and O–H groups in total. The van der Waals surface area contributed by atoms with Crippen molar-refractivity contribution in [1.29, 1.82) is 0 Å². The van der Waals surface area contributed by atoms with Crippen LogP contribution in [-0.2, 0) is 4.79 Å². The maximum atomic E-state index is 11.8. The van der Waals surface area contributed by atoms with Crippen LogP contribution < -0.4 is 11.1 Å². The summed E-state index contributed by atoms with van der Waals surface area (Å²) in [6, 6.07) is 0.201. The first kappa shape index (κ1) is 9.64. The Morgan fingerprint density at radius 1 is 1.27 bits per heavy atom. The van der Waals surface area contributed by atoms with Crippen molar-refractivity contribution < 1.29 is 4.79 Å². The number of nitrogens with one attached hydrogen (secondary N) is 1. The van der Waals surface area contributed by atoms with Gasteiger partial charge in [0.2, 0.25) is 5.91 Å². The van der Waals surface area contributed by atoms with E-state index < -0.39 is 0 Å². The summed E-state index contributed by atoms with van der Waals surface area (Å²) in [6.45, 7) is 0.694. The molecule has 3 unspecified atom stereocenters. The van der Waals surface area contributed by atoms with Gasteiger partial charge in [-0.25, -0.2) is 0 Å². The molecule has 3 atom stereocenters. The van der Waals surface area contributed by atoms with Crippen LogP contribution in [0.4, 0.5) is 0 Å². The Kier molecular flexibility index (Phi) is 2.23. The van der Waals surface area contributed by atoms with E-state index in [9.17, 15) is 4.79 Å². The minimum absolute atomic E-state index is 0.201. The molecule has 0 aromatic rings. The minimum atomic E-state index is 0.201. The Morgan fingerprint density at radius 2 is 1.93 bits per heavy atom. The first-order chi connectivity index (χ1) is 7.27. The van der Waals surface area contributed by atoms with Gasteiger partial charge in [0.1, 0.15) is 0 Å². The number of hydrogen-bond acceptors (Lipinski definition) is 2. The van der Waals surface area contributed by atoms with Crippen LogP contribution in [0.25, 0.3) is 0 Å². The van der Waals surface area contributed by atoms with Crippen LogP contribution in [0, 0.1) is 23.7 Å². The average molecular weight is 208 g/mol. The lowest BCUT2D eigenvalue weighted by atomic mass is 10.1. The Bertz CT molecular complexity index is 265. The molecule has 3 aliphatic carbocycles. The van der Waals surface area contributed by atoms with E-state index >= 15 is 0 Å². The van der Waals surface area contributed by atoms with E-state index in [0.717, 1.165) is 11.8 Å². The predicted molar refractivity (Wildman–Crippen MR) is 58.0 cm³/mol. The third kappa shape index (κ3) is 1.78. The largest absolute Gasteiger partial charge is 0.354 e. The highest BCUT2D eigenvalue weighted by Gasteiger charge is 2.56. The van der Waals surface area contributed by atoms with Crippen molar-refractivity contribution in [3.8, 4) is 0 Å². The van der Waals surface area contributed by atoms with Gasteiger partial charge in [0.25, 0.3) is 0 Å². The lowest BCUT2D eigenvalue weighted by Gasteiger charge is -2.12. The highest BCUT2D eigenvalue weighted by Crippen LogP contribution is 2.57. The maximum Gasteiger partial charge on any atom is 0.223 e. The van der Waals surface area contributed by atoms with Crippen molar-refractivity contribution in [2.45, 2.75) is 38.1 Å². The van der Waals surface area contributed by atoms with Gasteiger partial charge in [-0.3, -0.25) is 4.79 Å². The summed E-state index contributed by atoms with van der Waals surface area (Å²) in [6.07, 6.45) is 6.40. The van der Waals surface area contributed by atoms with Crippen LogP contribution in [0.15, 0.2) is 0 Å². The van der Waals surface area contributed by atoms with Gasteiger partial charge in [0.05, 0.1) is 0 Å². The quantitative estimate of drug-likeness (QED) is 0.721. The molecule has 0 spiro atoms. The number of amides is 1. The van der Waals surface area contributed by atoms with Gasteiger partial charge in [-0.1, -0.05) is 6.42 Å². The second kappa shape index (κ2) is 3.48. The fraction of sp³-hybridized carbons (Fsp3) is 0.917. The first-order valence-corrected chi connectivity index (χ1v) is 6.30. The molecule has 15 heavy (non-hydrogen) atoms. The van der Waals surface area contributed by atoms with Crippen LogP contribution in [0.3, 0.4) is 0 Å². The minimum Gasteiger partial charge on any atom is -0.354 e. The zero-order valence-electron chi connectivity index (χ0n) is 9.11. The molecule has 0 aromatic carbocycles. The smallest absolute Gasteiger partial charge is 0.223 e. The summed E-state index contributed by atoms with van der Waals surface area (Å²) in [5.41, 5.74) is 5.95. The molecule has 0 radical (unpaired) electrons. The molecule has 84 valence electrons. The summed E-state index contributed by atoms with van der Waals surface area (Å²) >= 11 is 0. The van der Waals surface area contributed by atoms with E-state index in [4.69, 9.17) is 5.73 Å². The van der Waals surface area contributed by atoms with Crippen LogP contribution >= 0.6 is 0 Å². The van der Waals surface area contributed by atoms with Crippen LogP contribution in [-0.4, -0.2) is 18.5 Å². The van der Waals surface area contributed by atoms with Crippen molar-refractivity contribution in [3.63, 3.8) is 0 Å². The van der Waals surface area contributed by atoms with E-state index in [0.29, 0.717) is 18.4 Å². The van der Waals surface area contributed by atoms with Gasteiger partial charge in [-0.15, -0.1) is 0 Å². The van der Waals surface area contributed by atoms with E-state index in [-0.39, 0.29) is 11.9 Å². The average Bonchev–Trinajstić information content (AvgIpc) is 3.14. The summed E-state index contributed by atoms with van der Waals surface area (Å²) < 4.78 is 0. The lowest BCUT2D eigenvalue weighted by Crippen LogP contribution is -2.39. The Balaban J connectivity index is 1.42. The van der Waals surface area contributed by atoms with Gasteiger partial charge < -0.3 is 11.1 Å². The fourth-order valence-electron chi connectivity index (χ4n) is 3.24. The molecule has 0 aromatic heterocycles. The number of fused-ring (bicyclic) bond motifs is 1. The van der Waals surface area contributed by atoms with E-state index in [1.54, 1.807) is 0 Å². The zero-order chi connectivity index (χ0) is 10.4. The molecule has 0 saturated heterocycles. The first-order valence-electron chi connectivity index (χ1n) is 6.30. The third-order valence-electron chi connectivity index (χ3n) is 4.45. The molecule has 3 heteroatoms. The summed E-state index contributed by atoms with van der Waals surface area (Å²) in [4.78, 5) is 11.8. The molecule has 0 aliphatic heterocycles. The third-order valence-corrected chi connectivity index (χ3v) is 4.45. The zero-order valence-corrected chi connectivity index (χ0v) is 9.11. The Labute approximate surface area is 90.8 Å². The van der Waals surface area contributed by atoms with Gasteiger partial charge in [-0.2, -0.15) is 0 Å². The number of carbonyl (C=O) groups is 1. The second-order valence-corrected chi connectivity index (χ2v) is 5.53. The summed E-state index contributed by atoms with van der Waals surface area (Å²) in [7, 11) is 0. The molecule has 0 bridgehead atoms. The molecular formula is C12H20N2O. The van der Waals surface area contributed by atoms with Crippen molar-refractivity contribution in [2.24, 2.45) is 29.4 Å². The topological polar surface area (TPSA) is 55.1 Å². The van der Waals surface area contributed by atoms with Crippen LogP contribution in [0.2, 0.25) is 0 Å². The van der Waals surface area contributed by atoms with Gasteiger partial charge >= 0.3 is 0 Å².